The molecule has 0 saturated carbocycles. The fourth-order valence-corrected chi connectivity index (χ4v) is 3.58. The Kier molecular flexibility index (Phi) is 5.37. The highest BCUT2D eigenvalue weighted by atomic mass is 35.5. The zero-order chi connectivity index (χ0) is 20.7. The maximum atomic E-state index is 12.7. The second-order valence-electron chi connectivity index (χ2n) is 6.11. The van der Waals surface area contributed by atoms with Crippen LogP contribution < -0.4 is 10.1 Å². The van der Waals surface area contributed by atoms with Crippen molar-refractivity contribution in [3.63, 3.8) is 0 Å². The SMILES string of the molecule is [B]C1(Cc2ccc(Oc3ncc(C(F)(F)F)cc3Cl)cc2C)SC(=O)NC1=O. The summed E-state index contributed by atoms with van der Waals surface area (Å²) >= 11 is 6.55. The smallest absolute Gasteiger partial charge is 0.417 e. The molecule has 2 amide bonds. The Morgan fingerprint density at radius 1 is 1.32 bits per heavy atom. The summed E-state index contributed by atoms with van der Waals surface area (Å²) in [5.74, 6) is -0.447. The van der Waals surface area contributed by atoms with Crippen molar-refractivity contribution in [1.29, 1.82) is 0 Å². The van der Waals surface area contributed by atoms with Crippen LogP contribution in [-0.4, -0.2) is 28.6 Å². The Balaban J connectivity index is 1.78. The molecular weight excluding hydrogens is 416 g/mol. The van der Waals surface area contributed by atoms with Gasteiger partial charge >= 0.3 is 6.18 Å². The molecule has 2 aromatic rings. The van der Waals surface area contributed by atoms with Crippen LogP contribution in [0, 0.1) is 6.92 Å². The first-order chi connectivity index (χ1) is 13.0. The van der Waals surface area contributed by atoms with Crippen LogP contribution in [-0.2, 0) is 17.4 Å². The number of hydrogen-bond donors (Lipinski definition) is 1. The van der Waals surface area contributed by atoms with Gasteiger partial charge in [-0.3, -0.25) is 14.9 Å². The van der Waals surface area contributed by atoms with Crippen molar-refractivity contribution < 1.29 is 27.5 Å². The summed E-state index contributed by atoms with van der Waals surface area (Å²) in [6.07, 6.45) is -3.81. The van der Waals surface area contributed by atoms with E-state index in [2.05, 4.69) is 10.3 Å². The van der Waals surface area contributed by atoms with E-state index in [9.17, 15) is 22.8 Å². The molecule has 1 atom stereocenters. The number of alkyl halides is 3. The number of carbonyl (C=O) groups is 2. The van der Waals surface area contributed by atoms with Gasteiger partial charge in [0.25, 0.3) is 5.24 Å². The molecule has 1 aliphatic rings. The molecule has 1 fully saturated rings. The summed E-state index contributed by atoms with van der Waals surface area (Å²) in [6, 6.07) is 5.53. The fraction of sp³-hybridized carbons (Fsp3) is 0.235. The highest BCUT2D eigenvalue weighted by molar-refractivity contribution is 8.17. The van der Waals surface area contributed by atoms with Crippen LogP contribution in [0.3, 0.4) is 0 Å². The van der Waals surface area contributed by atoms with E-state index < -0.39 is 27.5 Å². The first-order valence-corrected chi connectivity index (χ1v) is 9.01. The molecule has 1 aromatic carbocycles. The highest BCUT2D eigenvalue weighted by Gasteiger charge is 2.43. The van der Waals surface area contributed by atoms with E-state index in [0.29, 0.717) is 23.1 Å². The summed E-state index contributed by atoms with van der Waals surface area (Å²) in [6.45, 7) is 1.74. The molecule has 1 N–H and O–H groups in total. The molecule has 144 valence electrons. The second-order valence-corrected chi connectivity index (χ2v) is 7.82. The predicted octanol–water partition coefficient (Wildman–Crippen LogP) is 4.24. The number of benzene rings is 1. The Morgan fingerprint density at radius 2 is 2.04 bits per heavy atom. The van der Waals surface area contributed by atoms with Gasteiger partial charge in [-0.2, -0.15) is 13.2 Å². The number of nitrogens with one attached hydrogen (secondary N) is 1. The van der Waals surface area contributed by atoms with E-state index in [1.165, 1.54) is 0 Å². The van der Waals surface area contributed by atoms with Gasteiger partial charge in [0.2, 0.25) is 11.8 Å². The number of imide groups is 1. The number of rotatable bonds is 4. The number of pyridine rings is 1. The third kappa shape index (κ3) is 4.28. The number of carbonyl (C=O) groups excluding carboxylic acids is 2. The number of ether oxygens (including phenoxy) is 1. The largest absolute Gasteiger partial charge is 0.438 e. The van der Waals surface area contributed by atoms with Crippen molar-refractivity contribution >= 4 is 42.4 Å². The average molecular weight is 427 g/mol. The lowest BCUT2D eigenvalue weighted by molar-refractivity contribution is -0.137. The van der Waals surface area contributed by atoms with Crippen LogP contribution in [0.5, 0.6) is 11.6 Å². The molecular formula is C17H11BClF3N2O3S. The summed E-state index contributed by atoms with van der Waals surface area (Å²) in [7, 11) is 6.00. The number of aromatic nitrogens is 1. The molecule has 0 spiro atoms. The monoisotopic (exact) mass is 426 g/mol. The van der Waals surface area contributed by atoms with Gasteiger partial charge in [-0.25, -0.2) is 4.98 Å². The van der Waals surface area contributed by atoms with Crippen molar-refractivity contribution in [2.75, 3.05) is 0 Å². The Bertz CT molecular complexity index is 973. The molecule has 3 rings (SSSR count). The van der Waals surface area contributed by atoms with Crippen LogP contribution in [0.1, 0.15) is 16.7 Å². The lowest BCUT2D eigenvalue weighted by Crippen LogP contribution is -2.39. The quantitative estimate of drug-likeness (QED) is 0.741. The number of halogens is 4. The molecule has 5 nitrogen and oxygen atoms in total. The van der Waals surface area contributed by atoms with Crippen LogP contribution in [0.25, 0.3) is 0 Å². The second kappa shape index (κ2) is 7.33. The van der Waals surface area contributed by atoms with E-state index in [4.69, 9.17) is 24.2 Å². The molecule has 1 aliphatic heterocycles. The van der Waals surface area contributed by atoms with Gasteiger partial charge in [-0.15, -0.1) is 0 Å². The molecule has 28 heavy (non-hydrogen) atoms. The first kappa shape index (κ1) is 20.5. The van der Waals surface area contributed by atoms with Crippen molar-refractivity contribution in [2.45, 2.75) is 24.2 Å². The minimum Gasteiger partial charge on any atom is -0.438 e. The van der Waals surface area contributed by atoms with Crippen molar-refractivity contribution in [1.82, 2.24) is 10.3 Å². The molecule has 11 heteroatoms. The standard InChI is InChI=1S/C17H11BClF3N2O3S/c1-8-4-11(27-13-12(19)5-10(7-23-13)17(20,21)22)3-2-9(8)6-16(18)14(25)24-15(26)28-16/h2-5,7H,6H2,1H3,(H,24,25,26). The average Bonchev–Trinajstić information content (AvgIpc) is 2.83. The fourth-order valence-electron chi connectivity index (χ4n) is 2.53. The van der Waals surface area contributed by atoms with Crippen molar-refractivity contribution in [3.8, 4) is 11.6 Å². The van der Waals surface area contributed by atoms with E-state index in [0.717, 1.165) is 17.8 Å². The van der Waals surface area contributed by atoms with Gasteiger partial charge in [0.05, 0.1) is 10.2 Å². The molecule has 2 heterocycles. The van der Waals surface area contributed by atoms with Gasteiger partial charge in [-0.05, 0) is 42.7 Å². The van der Waals surface area contributed by atoms with Gasteiger partial charge in [-0.1, -0.05) is 29.4 Å². The van der Waals surface area contributed by atoms with Gasteiger partial charge < -0.3 is 4.74 Å². The van der Waals surface area contributed by atoms with Crippen molar-refractivity contribution in [3.05, 3.63) is 52.2 Å². The van der Waals surface area contributed by atoms with E-state index >= 15 is 0 Å². The highest BCUT2D eigenvalue weighted by Crippen LogP contribution is 2.36. The minimum absolute atomic E-state index is 0.112. The first-order valence-electron chi connectivity index (χ1n) is 7.81. The number of amides is 2. The number of aryl methyl sites for hydroxylation is 1. The van der Waals surface area contributed by atoms with Crippen LogP contribution in [0.2, 0.25) is 5.02 Å². The Labute approximate surface area is 168 Å². The number of hydrogen-bond acceptors (Lipinski definition) is 5. The molecule has 1 aromatic heterocycles. The predicted molar refractivity (Wildman–Crippen MR) is 98.8 cm³/mol. The van der Waals surface area contributed by atoms with E-state index in [1.54, 1.807) is 25.1 Å². The lowest BCUT2D eigenvalue weighted by atomic mass is 9.79. The van der Waals surface area contributed by atoms with Crippen LogP contribution in [0.4, 0.5) is 18.0 Å². The molecule has 2 radical (unpaired) electrons. The van der Waals surface area contributed by atoms with Crippen LogP contribution >= 0.6 is 23.4 Å². The maximum absolute atomic E-state index is 12.7. The number of nitrogens with zero attached hydrogens (tertiary/aromatic N) is 1. The van der Waals surface area contributed by atoms with Crippen molar-refractivity contribution in [2.24, 2.45) is 0 Å². The zero-order valence-electron chi connectivity index (χ0n) is 14.3. The molecule has 1 saturated heterocycles. The zero-order valence-corrected chi connectivity index (χ0v) is 15.8. The Morgan fingerprint density at radius 3 is 2.57 bits per heavy atom. The number of thioether (sulfide) groups is 1. The van der Waals surface area contributed by atoms with E-state index in [-0.39, 0.29) is 17.3 Å². The third-order valence-electron chi connectivity index (χ3n) is 3.99. The minimum atomic E-state index is -4.56. The van der Waals surface area contributed by atoms with Gasteiger partial charge in [0.15, 0.2) is 0 Å². The topological polar surface area (TPSA) is 68.3 Å². The summed E-state index contributed by atoms with van der Waals surface area (Å²) < 4.78 is 42.1. The lowest BCUT2D eigenvalue weighted by Gasteiger charge is -2.20. The van der Waals surface area contributed by atoms with Crippen LogP contribution in [0.15, 0.2) is 30.5 Å². The van der Waals surface area contributed by atoms with E-state index in [1.807, 2.05) is 0 Å². The summed E-state index contributed by atoms with van der Waals surface area (Å²) in [4.78, 5) is 26.8. The summed E-state index contributed by atoms with van der Waals surface area (Å²) in [5, 5.41) is 1.36. The molecule has 0 bridgehead atoms. The third-order valence-corrected chi connectivity index (χ3v) is 5.24. The normalized spacial score (nSPS) is 19.6. The Hall–Kier alpha value is -2.20. The summed E-state index contributed by atoms with van der Waals surface area (Å²) in [5.41, 5.74) is 0.434. The van der Waals surface area contributed by atoms with Gasteiger partial charge in [0, 0.05) is 6.20 Å². The van der Waals surface area contributed by atoms with Gasteiger partial charge in [0.1, 0.15) is 18.6 Å². The molecule has 1 unspecified atom stereocenters. The molecule has 0 aliphatic carbocycles. The maximum Gasteiger partial charge on any atom is 0.417 e.